The molecule has 11 nitrogen and oxygen atoms in total. The molecule has 11 heteroatoms. The van der Waals surface area contributed by atoms with Gasteiger partial charge in [-0.1, -0.05) is 13.8 Å². The highest BCUT2D eigenvalue weighted by molar-refractivity contribution is 5.93. The van der Waals surface area contributed by atoms with Crippen LogP contribution in [0.3, 0.4) is 0 Å². The maximum Gasteiger partial charge on any atom is 0.326 e. The summed E-state index contributed by atoms with van der Waals surface area (Å²) in [6, 6.07) is -3.04. The first-order valence-corrected chi connectivity index (χ1v) is 9.10. The molecule has 1 saturated heterocycles. The molecule has 0 aliphatic carbocycles. The minimum absolute atomic E-state index is 0.227. The first kappa shape index (κ1) is 23.3. The highest BCUT2D eigenvalue weighted by Gasteiger charge is 2.36. The highest BCUT2D eigenvalue weighted by Crippen LogP contribution is 2.19. The number of rotatable bonds is 10. The molecule has 0 aromatic rings. The number of hydrogen-bond acceptors (Lipinski definition) is 6. The van der Waals surface area contributed by atoms with Gasteiger partial charge in [-0.05, 0) is 25.2 Å². The van der Waals surface area contributed by atoms with E-state index in [2.05, 4.69) is 5.32 Å². The maximum absolute atomic E-state index is 12.5. The van der Waals surface area contributed by atoms with Gasteiger partial charge in [0, 0.05) is 6.54 Å². The summed E-state index contributed by atoms with van der Waals surface area (Å²) in [5.41, 5.74) is 5.91. The first-order chi connectivity index (χ1) is 13.0. The van der Waals surface area contributed by atoms with Crippen LogP contribution in [0, 0.1) is 5.92 Å². The minimum Gasteiger partial charge on any atom is -0.481 e. The van der Waals surface area contributed by atoms with Gasteiger partial charge in [0.1, 0.15) is 12.1 Å². The largest absolute Gasteiger partial charge is 0.481 e. The quantitative estimate of drug-likeness (QED) is 0.294. The van der Waals surface area contributed by atoms with Crippen molar-refractivity contribution in [3.05, 3.63) is 0 Å². The smallest absolute Gasteiger partial charge is 0.326 e. The van der Waals surface area contributed by atoms with Gasteiger partial charge in [0.25, 0.3) is 0 Å². The number of nitrogens with one attached hydrogen (secondary N) is 2. The molecule has 1 aliphatic rings. The lowest BCUT2D eigenvalue weighted by Gasteiger charge is -2.27. The molecule has 158 valence electrons. The molecule has 3 amide bonds. The number of hydrogen-bond donors (Lipinski definition) is 5. The lowest BCUT2D eigenvalue weighted by Crippen LogP contribution is -2.53. The van der Waals surface area contributed by atoms with E-state index in [1.807, 2.05) is 19.2 Å². The average Bonchev–Trinajstić information content (AvgIpc) is 3.06. The van der Waals surface area contributed by atoms with E-state index >= 15 is 0 Å². The van der Waals surface area contributed by atoms with Crippen LogP contribution >= 0.6 is 0 Å². The predicted octanol–water partition coefficient (Wildman–Crippen LogP) is -1.49. The molecule has 0 saturated carbocycles. The Bertz CT molecular complexity index is 623. The number of carboxylic acid groups (broad SMARTS) is 2. The summed E-state index contributed by atoms with van der Waals surface area (Å²) in [4.78, 5) is 59.7. The van der Waals surface area contributed by atoms with Crippen LogP contribution in [0.15, 0.2) is 0 Å². The molecule has 0 bridgehead atoms. The van der Waals surface area contributed by atoms with Crippen LogP contribution in [-0.2, 0) is 24.0 Å². The van der Waals surface area contributed by atoms with Crippen molar-refractivity contribution in [1.82, 2.24) is 15.5 Å². The molecule has 0 spiro atoms. The fraction of sp³-hybridized carbons (Fsp3) is 0.706. The van der Waals surface area contributed by atoms with Gasteiger partial charge in [-0.2, -0.15) is 0 Å². The van der Waals surface area contributed by atoms with Crippen molar-refractivity contribution in [2.75, 3.05) is 13.1 Å². The molecule has 0 radical (unpaired) electrons. The van der Waals surface area contributed by atoms with Gasteiger partial charge in [0.2, 0.25) is 17.7 Å². The molecule has 1 rings (SSSR count). The fourth-order valence-electron chi connectivity index (χ4n) is 3.03. The predicted molar refractivity (Wildman–Crippen MR) is 97.0 cm³/mol. The fourth-order valence-corrected chi connectivity index (χ4v) is 3.03. The van der Waals surface area contributed by atoms with Crippen LogP contribution < -0.4 is 16.4 Å². The Hall–Kier alpha value is -2.69. The second kappa shape index (κ2) is 10.6. The van der Waals surface area contributed by atoms with E-state index in [9.17, 15) is 24.0 Å². The Balaban J connectivity index is 2.59. The molecule has 1 heterocycles. The number of nitrogens with two attached hydrogens (primary N) is 1. The zero-order valence-electron chi connectivity index (χ0n) is 16.0. The lowest BCUT2D eigenvalue weighted by atomic mass is 10.0. The molecule has 0 aromatic carbocycles. The van der Waals surface area contributed by atoms with Gasteiger partial charge in [0.05, 0.1) is 19.0 Å². The second-order valence-electron chi connectivity index (χ2n) is 7.20. The van der Waals surface area contributed by atoms with Gasteiger partial charge in [0.15, 0.2) is 0 Å². The Kier molecular flexibility index (Phi) is 8.83. The molecular formula is C17H28N4O7. The van der Waals surface area contributed by atoms with Gasteiger partial charge >= 0.3 is 11.9 Å². The van der Waals surface area contributed by atoms with Gasteiger partial charge < -0.3 is 31.5 Å². The topological polar surface area (TPSA) is 179 Å². The Morgan fingerprint density at radius 3 is 2.36 bits per heavy atom. The van der Waals surface area contributed by atoms with E-state index < -0.39 is 54.8 Å². The average molecular weight is 400 g/mol. The van der Waals surface area contributed by atoms with E-state index in [4.69, 9.17) is 15.9 Å². The summed E-state index contributed by atoms with van der Waals surface area (Å²) >= 11 is 0. The van der Waals surface area contributed by atoms with Crippen LogP contribution in [0.1, 0.15) is 39.5 Å². The number of carbonyl (C=O) groups excluding carboxylic acids is 3. The maximum atomic E-state index is 12.5. The summed E-state index contributed by atoms with van der Waals surface area (Å²) in [6.07, 6.45) is 0.772. The Morgan fingerprint density at radius 2 is 1.82 bits per heavy atom. The molecule has 28 heavy (non-hydrogen) atoms. The molecule has 3 atom stereocenters. The SMILES string of the molecule is CC(C)CC(N)C(=O)N1CCCC1C(=O)NCC(=O)NC(CC(=O)O)C(=O)O. The van der Waals surface area contributed by atoms with Gasteiger partial charge in [-0.15, -0.1) is 0 Å². The highest BCUT2D eigenvalue weighted by atomic mass is 16.4. The monoisotopic (exact) mass is 400 g/mol. The van der Waals surface area contributed by atoms with Crippen LogP contribution in [0.2, 0.25) is 0 Å². The number of amides is 3. The second-order valence-corrected chi connectivity index (χ2v) is 7.20. The van der Waals surface area contributed by atoms with Crippen molar-refractivity contribution in [3.63, 3.8) is 0 Å². The first-order valence-electron chi connectivity index (χ1n) is 9.10. The van der Waals surface area contributed by atoms with Gasteiger partial charge in [-0.3, -0.25) is 19.2 Å². The number of carbonyl (C=O) groups is 5. The van der Waals surface area contributed by atoms with Crippen molar-refractivity contribution in [2.45, 2.75) is 57.7 Å². The van der Waals surface area contributed by atoms with Crippen molar-refractivity contribution in [2.24, 2.45) is 11.7 Å². The Labute approximate surface area is 162 Å². The number of carboxylic acids is 2. The molecular weight excluding hydrogens is 372 g/mol. The summed E-state index contributed by atoms with van der Waals surface area (Å²) < 4.78 is 0. The van der Waals surface area contributed by atoms with E-state index in [0.717, 1.165) is 0 Å². The minimum atomic E-state index is -1.60. The van der Waals surface area contributed by atoms with E-state index in [-0.39, 0.29) is 11.8 Å². The third-order valence-electron chi connectivity index (χ3n) is 4.32. The third-order valence-corrected chi connectivity index (χ3v) is 4.32. The molecule has 1 fully saturated rings. The van der Waals surface area contributed by atoms with E-state index in [1.54, 1.807) is 0 Å². The van der Waals surface area contributed by atoms with Crippen LogP contribution in [0.5, 0.6) is 0 Å². The summed E-state index contributed by atoms with van der Waals surface area (Å²) in [5.74, 6) is -4.34. The van der Waals surface area contributed by atoms with Crippen LogP contribution in [0.25, 0.3) is 0 Å². The van der Waals surface area contributed by atoms with E-state index in [0.29, 0.717) is 25.8 Å². The summed E-state index contributed by atoms with van der Waals surface area (Å²) in [6.45, 7) is 3.75. The van der Waals surface area contributed by atoms with Crippen LogP contribution in [-0.4, -0.2) is 76.0 Å². The normalized spacial score (nSPS) is 18.4. The molecule has 0 aromatic heterocycles. The van der Waals surface area contributed by atoms with Crippen molar-refractivity contribution < 1.29 is 34.2 Å². The molecule has 6 N–H and O–H groups in total. The molecule has 3 unspecified atom stereocenters. The summed E-state index contributed by atoms with van der Waals surface area (Å²) in [7, 11) is 0. The lowest BCUT2D eigenvalue weighted by molar-refractivity contribution is -0.147. The number of aliphatic carboxylic acids is 2. The Morgan fingerprint density at radius 1 is 1.18 bits per heavy atom. The van der Waals surface area contributed by atoms with Crippen LogP contribution in [0.4, 0.5) is 0 Å². The number of likely N-dealkylation sites (tertiary alicyclic amines) is 1. The number of nitrogens with zero attached hydrogens (tertiary/aromatic N) is 1. The standard InChI is InChI=1S/C17H28N4O7/c1-9(2)6-10(18)16(26)21-5-3-4-12(21)15(25)19-8-13(22)20-11(17(27)28)7-14(23)24/h9-12H,3-8,18H2,1-2H3,(H,19,25)(H,20,22)(H,23,24)(H,27,28). The summed E-state index contributed by atoms with van der Waals surface area (Å²) in [5, 5.41) is 22.0. The van der Waals surface area contributed by atoms with Crippen molar-refractivity contribution in [1.29, 1.82) is 0 Å². The zero-order chi connectivity index (χ0) is 21.4. The van der Waals surface area contributed by atoms with Gasteiger partial charge in [-0.25, -0.2) is 4.79 Å². The van der Waals surface area contributed by atoms with E-state index in [1.165, 1.54) is 4.90 Å². The molecule has 1 aliphatic heterocycles. The van der Waals surface area contributed by atoms with Crippen molar-refractivity contribution in [3.8, 4) is 0 Å². The zero-order valence-corrected chi connectivity index (χ0v) is 16.0. The van der Waals surface area contributed by atoms with Crippen molar-refractivity contribution >= 4 is 29.7 Å². The third kappa shape index (κ3) is 7.14.